The molecule has 5 heteroatoms. The second kappa shape index (κ2) is 4.01. The smallest absolute Gasteiger partial charge is 0.234 e. The number of fused-ring (bicyclic) bond motifs is 1. The number of carbonyl (C=O) groups is 3. The third kappa shape index (κ3) is 1.69. The molecule has 2 unspecified atom stereocenters. The molecule has 0 N–H and O–H groups in total. The number of rotatable bonds is 3. The quantitative estimate of drug-likeness (QED) is 0.633. The van der Waals surface area contributed by atoms with Crippen LogP contribution in [0.5, 0.6) is 0 Å². The number of hydrogen-bond acceptors (Lipinski definition) is 4. The fourth-order valence-corrected chi connectivity index (χ4v) is 4.24. The van der Waals surface area contributed by atoms with E-state index in [1.165, 1.54) is 0 Å². The molecule has 1 saturated heterocycles. The minimum Gasteiger partial charge on any atom is -0.292 e. The highest BCUT2D eigenvalue weighted by atomic mass is 32.1. The number of likely N-dealkylation sites (tertiary alicyclic amines) is 1. The van der Waals surface area contributed by atoms with E-state index in [0.717, 1.165) is 14.7 Å². The standard InChI is InChI=1S/C15H17NO3S/c1-7-5-9(8(2)20-7)10(17)6-16-13(18)11-12(14(16)19)15(11,3)4/h5,11-12H,6H2,1-4H3. The summed E-state index contributed by atoms with van der Waals surface area (Å²) in [5.41, 5.74) is 0.413. The van der Waals surface area contributed by atoms with Gasteiger partial charge in [0.25, 0.3) is 0 Å². The molecule has 1 aliphatic carbocycles. The Morgan fingerprint density at radius 2 is 1.80 bits per heavy atom. The summed E-state index contributed by atoms with van der Waals surface area (Å²) in [6.45, 7) is 7.59. The summed E-state index contributed by atoms with van der Waals surface area (Å²) >= 11 is 1.56. The number of thiophene rings is 1. The predicted octanol–water partition coefficient (Wildman–Crippen LogP) is 2.19. The minimum atomic E-state index is -0.220. The van der Waals surface area contributed by atoms with Crippen LogP contribution in [0, 0.1) is 31.1 Å². The molecule has 1 aromatic heterocycles. The van der Waals surface area contributed by atoms with Crippen molar-refractivity contribution in [2.24, 2.45) is 17.3 Å². The highest BCUT2D eigenvalue weighted by Crippen LogP contribution is 2.63. The summed E-state index contributed by atoms with van der Waals surface area (Å²) in [6, 6.07) is 1.83. The number of carbonyl (C=O) groups excluding carboxylic acids is 3. The number of piperidine rings is 1. The van der Waals surface area contributed by atoms with Crippen molar-refractivity contribution in [3.8, 4) is 0 Å². The summed E-state index contributed by atoms with van der Waals surface area (Å²) < 4.78 is 0. The summed E-state index contributed by atoms with van der Waals surface area (Å²) in [5, 5.41) is 0. The lowest BCUT2D eigenvalue weighted by molar-refractivity contribution is -0.142. The van der Waals surface area contributed by atoms with Crippen molar-refractivity contribution in [1.29, 1.82) is 0 Å². The fraction of sp³-hybridized carbons (Fsp3) is 0.533. The molecular formula is C15H17NO3S. The molecule has 0 radical (unpaired) electrons. The van der Waals surface area contributed by atoms with E-state index in [4.69, 9.17) is 0 Å². The molecule has 2 aliphatic rings. The van der Waals surface area contributed by atoms with Crippen LogP contribution in [0.3, 0.4) is 0 Å². The zero-order chi connectivity index (χ0) is 14.8. The van der Waals surface area contributed by atoms with Crippen molar-refractivity contribution in [1.82, 2.24) is 4.90 Å². The zero-order valence-electron chi connectivity index (χ0n) is 12.0. The van der Waals surface area contributed by atoms with Crippen molar-refractivity contribution in [3.05, 3.63) is 21.4 Å². The third-order valence-corrected chi connectivity index (χ3v) is 5.50. The van der Waals surface area contributed by atoms with Crippen LogP contribution in [0.1, 0.15) is 34.0 Å². The average Bonchev–Trinajstić information content (AvgIpc) is 2.59. The first-order valence-corrected chi connectivity index (χ1v) is 7.52. The topological polar surface area (TPSA) is 54.5 Å². The predicted molar refractivity (Wildman–Crippen MR) is 75.6 cm³/mol. The van der Waals surface area contributed by atoms with Gasteiger partial charge in [0.05, 0.1) is 18.4 Å². The summed E-state index contributed by atoms with van der Waals surface area (Å²) in [7, 11) is 0. The van der Waals surface area contributed by atoms with E-state index >= 15 is 0 Å². The number of nitrogens with zero attached hydrogens (tertiary/aromatic N) is 1. The van der Waals surface area contributed by atoms with Crippen LogP contribution in [0.15, 0.2) is 6.07 Å². The maximum Gasteiger partial charge on any atom is 0.234 e. The van der Waals surface area contributed by atoms with Gasteiger partial charge < -0.3 is 0 Å². The Morgan fingerprint density at radius 1 is 1.25 bits per heavy atom. The Bertz CT molecular complexity index is 620. The van der Waals surface area contributed by atoms with Gasteiger partial charge in [0, 0.05) is 15.3 Å². The zero-order valence-corrected chi connectivity index (χ0v) is 12.8. The number of ketones is 1. The molecule has 1 aliphatic heterocycles. The first-order chi connectivity index (χ1) is 9.25. The van der Waals surface area contributed by atoms with Crippen molar-refractivity contribution in [2.45, 2.75) is 27.7 Å². The van der Waals surface area contributed by atoms with E-state index in [2.05, 4.69) is 0 Å². The van der Waals surface area contributed by atoms with Crippen molar-refractivity contribution in [2.75, 3.05) is 6.54 Å². The summed E-state index contributed by atoms with van der Waals surface area (Å²) in [5.74, 6) is -0.931. The Balaban J connectivity index is 1.77. The Labute approximate surface area is 121 Å². The van der Waals surface area contributed by atoms with Crippen LogP contribution in [0.25, 0.3) is 0 Å². The molecule has 0 bridgehead atoms. The van der Waals surface area contributed by atoms with Crippen LogP contribution in [-0.2, 0) is 9.59 Å². The molecule has 2 atom stereocenters. The third-order valence-electron chi connectivity index (χ3n) is 4.53. The van der Waals surface area contributed by atoms with E-state index in [-0.39, 0.29) is 41.4 Å². The van der Waals surface area contributed by atoms with Gasteiger partial charge >= 0.3 is 0 Å². The molecule has 2 amide bonds. The Morgan fingerprint density at radius 3 is 2.25 bits per heavy atom. The SMILES string of the molecule is Cc1cc(C(=O)CN2C(=O)C3C(C2=O)C3(C)C)c(C)s1. The second-order valence-electron chi connectivity index (χ2n) is 6.29. The van der Waals surface area contributed by atoms with Gasteiger partial charge in [-0.25, -0.2) is 0 Å². The molecule has 20 heavy (non-hydrogen) atoms. The van der Waals surface area contributed by atoms with E-state index in [9.17, 15) is 14.4 Å². The number of amides is 2. The molecule has 0 aromatic carbocycles. The van der Waals surface area contributed by atoms with Crippen LogP contribution < -0.4 is 0 Å². The summed E-state index contributed by atoms with van der Waals surface area (Å²) in [6.07, 6.45) is 0. The molecular weight excluding hydrogens is 274 g/mol. The molecule has 2 heterocycles. The van der Waals surface area contributed by atoms with Gasteiger partial charge in [-0.1, -0.05) is 13.8 Å². The molecule has 3 rings (SSSR count). The van der Waals surface area contributed by atoms with Gasteiger partial charge in [0.15, 0.2) is 5.78 Å². The molecule has 2 fully saturated rings. The largest absolute Gasteiger partial charge is 0.292 e. The van der Waals surface area contributed by atoms with Gasteiger partial charge in [-0.2, -0.15) is 0 Å². The van der Waals surface area contributed by atoms with E-state index in [1.807, 2.05) is 33.8 Å². The van der Waals surface area contributed by atoms with E-state index < -0.39 is 0 Å². The Hall–Kier alpha value is -1.49. The van der Waals surface area contributed by atoms with Crippen LogP contribution in [0.4, 0.5) is 0 Å². The maximum absolute atomic E-state index is 12.3. The number of aryl methyl sites for hydroxylation is 2. The van der Waals surface area contributed by atoms with Gasteiger partial charge in [-0.3, -0.25) is 19.3 Å². The van der Waals surface area contributed by atoms with Crippen LogP contribution in [-0.4, -0.2) is 29.0 Å². The second-order valence-corrected chi connectivity index (χ2v) is 7.75. The first-order valence-electron chi connectivity index (χ1n) is 6.70. The average molecular weight is 291 g/mol. The highest BCUT2D eigenvalue weighted by Gasteiger charge is 2.72. The van der Waals surface area contributed by atoms with Crippen molar-refractivity contribution < 1.29 is 14.4 Å². The van der Waals surface area contributed by atoms with Gasteiger partial charge in [0.1, 0.15) is 0 Å². The van der Waals surface area contributed by atoms with Gasteiger partial charge in [0.2, 0.25) is 11.8 Å². The molecule has 0 spiro atoms. The number of hydrogen-bond donors (Lipinski definition) is 0. The minimum absolute atomic E-state index is 0.113. The van der Waals surface area contributed by atoms with Crippen molar-refractivity contribution in [3.63, 3.8) is 0 Å². The molecule has 1 aromatic rings. The lowest BCUT2D eigenvalue weighted by Gasteiger charge is -2.19. The first kappa shape index (κ1) is 13.5. The van der Waals surface area contributed by atoms with Crippen LogP contribution >= 0.6 is 11.3 Å². The number of imide groups is 1. The van der Waals surface area contributed by atoms with Crippen molar-refractivity contribution >= 4 is 28.9 Å². The van der Waals surface area contributed by atoms with E-state index in [1.54, 1.807) is 11.3 Å². The Kier molecular flexibility index (Phi) is 2.70. The molecule has 1 saturated carbocycles. The fourth-order valence-electron chi connectivity index (χ4n) is 3.30. The lowest BCUT2D eigenvalue weighted by atomic mass is 10.0. The normalized spacial score (nSPS) is 26.9. The van der Waals surface area contributed by atoms with Gasteiger partial charge in [-0.15, -0.1) is 11.3 Å². The lowest BCUT2D eigenvalue weighted by Crippen LogP contribution is -2.39. The summed E-state index contributed by atoms with van der Waals surface area (Å²) in [4.78, 5) is 39.8. The van der Waals surface area contributed by atoms with Gasteiger partial charge in [-0.05, 0) is 25.3 Å². The number of Topliss-reactive ketones (excluding diaryl/α,β-unsaturated/α-hetero) is 1. The maximum atomic E-state index is 12.3. The molecule has 106 valence electrons. The van der Waals surface area contributed by atoms with Crippen LogP contribution in [0.2, 0.25) is 0 Å². The monoisotopic (exact) mass is 291 g/mol. The van der Waals surface area contributed by atoms with E-state index in [0.29, 0.717) is 5.56 Å². The highest BCUT2D eigenvalue weighted by molar-refractivity contribution is 7.12. The molecule has 4 nitrogen and oxygen atoms in total.